The fraction of sp³-hybridized carbons (Fsp3) is 0.312. The van der Waals surface area contributed by atoms with Gasteiger partial charge in [-0.25, -0.2) is 0 Å². The largest absolute Gasteiger partial charge is 0.334 e. The predicted octanol–water partition coefficient (Wildman–Crippen LogP) is 2.74. The van der Waals surface area contributed by atoms with Crippen molar-refractivity contribution in [2.45, 2.75) is 31.3 Å². The molecule has 0 atom stereocenters. The van der Waals surface area contributed by atoms with Crippen LogP contribution in [0.4, 0.5) is 0 Å². The molecule has 4 rings (SSSR count). The Labute approximate surface area is 140 Å². The quantitative estimate of drug-likeness (QED) is 0.794. The number of nitrogens with zero attached hydrogens (tertiary/aromatic N) is 4. The number of aromatic nitrogens is 4. The molecule has 0 bridgehead atoms. The van der Waals surface area contributed by atoms with Gasteiger partial charge in [0.1, 0.15) is 0 Å². The van der Waals surface area contributed by atoms with E-state index in [0.29, 0.717) is 18.3 Å². The molecule has 6 nitrogen and oxygen atoms in total. The molecular weight excluding hydrogens is 314 g/mol. The van der Waals surface area contributed by atoms with E-state index < -0.39 is 5.54 Å². The minimum Gasteiger partial charge on any atom is -0.334 e. The molecule has 0 spiro atoms. The summed E-state index contributed by atoms with van der Waals surface area (Å²) in [6.45, 7) is 0.661. The molecule has 120 valence electrons. The van der Waals surface area contributed by atoms with Gasteiger partial charge in [-0.05, 0) is 37.0 Å². The number of hydrogen-bond acceptors (Lipinski definition) is 5. The SMILES string of the molecule is Cl.NC1(c2noc(-c3ccccc3Cn3cccn3)n2)CCC1. The van der Waals surface area contributed by atoms with Crippen LogP contribution < -0.4 is 5.73 Å². The molecule has 23 heavy (non-hydrogen) atoms. The predicted molar refractivity (Wildman–Crippen MR) is 88.0 cm³/mol. The first kappa shape index (κ1) is 15.7. The van der Waals surface area contributed by atoms with Crippen molar-refractivity contribution < 1.29 is 4.52 Å². The first-order valence-corrected chi connectivity index (χ1v) is 7.43. The van der Waals surface area contributed by atoms with Gasteiger partial charge in [0, 0.05) is 18.0 Å². The maximum absolute atomic E-state index is 6.26. The molecule has 1 aliphatic rings. The second-order valence-corrected chi connectivity index (χ2v) is 5.79. The third-order valence-electron chi connectivity index (χ3n) is 4.26. The monoisotopic (exact) mass is 331 g/mol. The summed E-state index contributed by atoms with van der Waals surface area (Å²) in [5, 5.41) is 8.33. The van der Waals surface area contributed by atoms with Crippen molar-refractivity contribution in [2.75, 3.05) is 0 Å². The maximum Gasteiger partial charge on any atom is 0.258 e. The van der Waals surface area contributed by atoms with E-state index in [1.54, 1.807) is 6.20 Å². The Kier molecular flexibility index (Phi) is 4.19. The molecule has 7 heteroatoms. The Morgan fingerprint density at radius 3 is 2.74 bits per heavy atom. The molecular formula is C16H18ClN5O. The van der Waals surface area contributed by atoms with Crippen LogP contribution in [-0.4, -0.2) is 19.9 Å². The van der Waals surface area contributed by atoms with Crippen LogP contribution in [0.25, 0.3) is 11.5 Å². The van der Waals surface area contributed by atoms with E-state index in [4.69, 9.17) is 10.3 Å². The van der Waals surface area contributed by atoms with Gasteiger partial charge in [0.15, 0.2) is 5.82 Å². The van der Waals surface area contributed by atoms with Crippen molar-refractivity contribution >= 4 is 12.4 Å². The second-order valence-electron chi connectivity index (χ2n) is 5.79. The third kappa shape index (κ3) is 2.87. The van der Waals surface area contributed by atoms with Gasteiger partial charge < -0.3 is 10.3 Å². The highest BCUT2D eigenvalue weighted by Gasteiger charge is 2.39. The number of rotatable bonds is 4. The minimum atomic E-state index is -0.404. The van der Waals surface area contributed by atoms with Crippen LogP contribution in [0.5, 0.6) is 0 Å². The van der Waals surface area contributed by atoms with Gasteiger partial charge in [0.2, 0.25) is 0 Å². The van der Waals surface area contributed by atoms with Crippen LogP contribution >= 0.6 is 12.4 Å². The standard InChI is InChI=1S/C16H17N5O.ClH/c17-16(7-3-8-16)15-19-14(22-20-15)13-6-2-1-5-12(13)11-21-10-4-9-18-21;/h1-2,4-6,9-10H,3,7-8,11,17H2;1H. The first-order chi connectivity index (χ1) is 10.7. The normalized spacial score (nSPS) is 15.7. The molecule has 0 amide bonds. The molecule has 1 aromatic carbocycles. The summed E-state index contributed by atoms with van der Waals surface area (Å²) in [5.41, 5.74) is 7.87. The molecule has 1 aliphatic carbocycles. The lowest BCUT2D eigenvalue weighted by atomic mass is 9.77. The Morgan fingerprint density at radius 1 is 1.22 bits per heavy atom. The van der Waals surface area contributed by atoms with Gasteiger partial charge in [-0.1, -0.05) is 23.4 Å². The summed E-state index contributed by atoms with van der Waals surface area (Å²) in [7, 11) is 0. The molecule has 0 radical (unpaired) electrons. The van der Waals surface area contributed by atoms with Gasteiger partial charge in [-0.2, -0.15) is 10.1 Å². The van der Waals surface area contributed by atoms with Gasteiger partial charge >= 0.3 is 0 Å². The first-order valence-electron chi connectivity index (χ1n) is 7.43. The maximum atomic E-state index is 6.26. The second kappa shape index (κ2) is 6.14. The molecule has 0 aliphatic heterocycles. The van der Waals surface area contributed by atoms with Gasteiger partial charge in [-0.3, -0.25) is 4.68 Å². The molecule has 0 saturated heterocycles. The fourth-order valence-electron chi connectivity index (χ4n) is 2.75. The smallest absolute Gasteiger partial charge is 0.258 e. The minimum absolute atomic E-state index is 0. The topological polar surface area (TPSA) is 82.8 Å². The van der Waals surface area contributed by atoms with E-state index in [1.165, 1.54) is 0 Å². The van der Waals surface area contributed by atoms with Crippen molar-refractivity contribution in [1.29, 1.82) is 0 Å². The number of benzene rings is 1. The summed E-state index contributed by atoms with van der Waals surface area (Å²) in [6, 6.07) is 9.90. The summed E-state index contributed by atoms with van der Waals surface area (Å²) in [5.74, 6) is 1.14. The van der Waals surface area contributed by atoms with Gasteiger partial charge in [0.25, 0.3) is 5.89 Å². The van der Waals surface area contributed by atoms with Crippen LogP contribution in [0.1, 0.15) is 30.7 Å². The van der Waals surface area contributed by atoms with Crippen LogP contribution in [0, 0.1) is 0 Å². The number of halogens is 1. The zero-order valence-electron chi connectivity index (χ0n) is 12.6. The molecule has 2 heterocycles. The lowest BCUT2D eigenvalue weighted by molar-refractivity contribution is 0.229. The fourth-order valence-corrected chi connectivity index (χ4v) is 2.75. The zero-order valence-corrected chi connectivity index (χ0v) is 13.4. The highest BCUT2D eigenvalue weighted by Crippen LogP contribution is 2.37. The van der Waals surface area contributed by atoms with Crippen molar-refractivity contribution in [3.05, 3.63) is 54.1 Å². The highest BCUT2D eigenvalue weighted by atomic mass is 35.5. The van der Waals surface area contributed by atoms with Gasteiger partial charge in [-0.15, -0.1) is 12.4 Å². The van der Waals surface area contributed by atoms with E-state index in [-0.39, 0.29) is 12.4 Å². The Morgan fingerprint density at radius 2 is 2.04 bits per heavy atom. The highest BCUT2D eigenvalue weighted by molar-refractivity contribution is 5.85. The van der Waals surface area contributed by atoms with Crippen LogP contribution in [0.2, 0.25) is 0 Å². The average molecular weight is 332 g/mol. The Hall–Kier alpha value is -2.18. The summed E-state index contributed by atoms with van der Waals surface area (Å²) in [6.07, 6.45) is 6.65. The molecule has 1 saturated carbocycles. The summed E-state index contributed by atoms with van der Waals surface area (Å²) in [4.78, 5) is 4.53. The number of nitrogens with two attached hydrogens (primary N) is 1. The van der Waals surface area contributed by atoms with Crippen molar-refractivity contribution in [2.24, 2.45) is 5.73 Å². The zero-order chi connectivity index (χ0) is 15.0. The molecule has 2 aromatic heterocycles. The molecule has 1 fully saturated rings. The van der Waals surface area contributed by atoms with E-state index in [0.717, 1.165) is 30.4 Å². The molecule has 2 N–H and O–H groups in total. The van der Waals surface area contributed by atoms with E-state index in [1.807, 2.05) is 41.2 Å². The third-order valence-corrected chi connectivity index (χ3v) is 4.26. The van der Waals surface area contributed by atoms with Crippen LogP contribution in [0.3, 0.4) is 0 Å². The van der Waals surface area contributed by atoms with Crippen molar-refractivity contribution in [3.63, 3.8) is 0 Å². The van der Waals surface area contributed by atoms with Crippen LogP contribution in [-0.2, 0) is 12.1 Å². The Balaban J connectivity index is 0.00000156. The molecule has 0 unspecified atom stereocenters. The lowest BCUT2D eigenvalue weighted by Crippen LogP contribution is -2.44. The van der Waals surface area contributed by atoms with E-state index in [2.05, 4.69) is 15.2 Å². The summed E-state index contributed by atoms with van der Waals surface area (Å²) < 4.78 is 7.33. The van der Waals surface area contributed by atoms with Crippen molar-refractivity contribution in [1.82, 2.24) is 19.9 Å². The van der Waals surface area contributed by atoms with Crippen LogP contribution in [0.15, 0.2) is 47.2 Å². The van der Waals surface area contributed by atoms with Gasteiger partial charge in [0.05, 0.1) is 12.1 Å². The Bertz CT molecular complexity index is 779. The summed E-state index contributed by atoms with van der Waals surface area (Å²) >= 11 is 0. The number of hydrogen-bond donors (Lipinski definition) is 1. The van der Waals surface area contributed by atoms with E-state index in [9.17, 15) is 0 Å². The molecule has 3 aromatic rings. The lowest BCUT2D eigenvalue weighted by Gasteiger charge is -2.34. The van der Waals surface area contributed by atoms with E-state index >= 15 is 0 Å². The van der Waals surface area contributed by atoms with Crippen molar-refractivity contribution in [3.8, 4) is 11.5 Å². The average Bonchev–Trinajstić information content (AvgIpc) is 3.17.